The van der Waals surface area contributed by atoms with Crippen molar-refractivity contribution in [3.8, 4) is 6.07 Å². The number of aromatic nitrogens is 2. The van der Waals surface area contributed by atoms with E-state index >= 15 is 0 Å². The summed E-state index contributed by atoms with van der Waals surface area (Å²) in [4.78, 5) is 16.7. The Balaban J connectivity index is 2.13. The largest absolute Gasteiger partial charge is 0.301 e. The number of rotatable bonds is 2. The molecule has 2 aromatic carbocycles. The lowest BCUT2D eigenvalue weighted by Crippen LogP contribution is -2.24. The van der Waals surface area contributed by atoms with Crippen LogP contribution < -0.4 is 5.56 Å². The van der Waals surface area contributed by atoms with Crippen molar-refractivity contribution in [2.75, 3.05) is 0 Å². The summed E-state index contributed by atoms with van der Waals surface area (Å²) in [5.74, 6) is 0. The molecule has 0 N–H and O–H groups in total. The van der Waals surface area contributed by atoms with Crippen LogP contribution in [-0.2, 0) is 6.54 Å². The summed E-state index contributed by atoms with van der Waals surface area (Å²) in [7, 11) is 0. The number of hydrogen-bond donors (Lipinski definition) is 0. The summed E-state index contributed by atoms with van der Waals surface area (Å²) < 4.78 is 1.72. The predicted molar refractivity (Wildman–Crippen MR) is 81.0 cm³/mol. The van der Waals surface area contributed by atoms with Crippen molar-refractivity contribution in [3.05, 3.63) is 75.7 Å². The molecule has 3 aromatic rings. The van der Waals surface area contributed by atoms with E-state index in [4.69, 9.17) is 5.26 Å². The van der Waals surface area contributed by atoms with Crippen LogP contribution in [0.3, 0.4) is 0 Å². The Hall–Kier alpha value is -2.93. The second-order valence-electron chi connectivity index (χ2n) is 4.89. The van der Waals surface area contributed by atoms with Crippen LogP contribution in [-0.4, -0.2) is 9.55 Å². The van der Waals surface area contributed by atoms with Gasteiger partial charge in [0.15, 0.2) is 0 Å². The minimum absolute atomic E-state index is 0.0851. The van der Waals surface area contributed by atoms with E-state index in [1.165, 1.54) is 0 Å². The van der Waals surface area contributed by atoms with Crippen molar-refractivity contribution in [2.24, 2.45) is 0 Å². The van der Waals surface area contributed by atoms with Crippen molar-refractivity contribution in [1.29, 1.82) is 5.26 Å². The van der Waals surface area contributed by atoms with Crippen LogP contribution in [0.2, 0.25) is 0 Å². The van der Waals surface area contributed by atoms with E-state index in [0.717, 1.165) is 16.6 Å². The van der Waals surface area contributed by atoms with E-state index in [1.54, 1.807) is 23.6 Å². The normalized spacial score (nSPS) is 10.5. The number of nitrogens with zero attached hydrogens (tertiary/aromatic N) is 3. The third-order valence-electron chi connectivity index (χ3n) is 3.44. The van der Waals surface area contributed by atoms with E-state index < -0.39 is 0 Å². The maximum atomic E-state index is 12.4. The van der Waals surface area contributed by atoms with E-state index in [-0.39, 0.29) is 5.56 Å². The van der Waals surface area contributed by atoms with E-state index in [2.05, 4.69) is 11.1 Å². The quantitative estimate of drug-likeness (QED) is 0.722. The van der Waals surface area contributed by atoms with E-state index in [9.17, 15) is 4.79 Å². The molecular weight excluding hydrogens is 262 g/mol. The fraction of sp³-hybridized carbons (Fsp3) is 0.118. The first-order valence-electron chi connectivity index (χ1n) is 6.64. The lowest BCUT2D eigenvalue weighted by atomic mass is 10.1. The summed E-state index contributed by atoms with van der Waals surface area (Å²) >= 11 is 0. The maximum Gasteiger partial charge on any atom is 0.272 e. The van der Waals surface area contributed by atoms with E-state index in [1.807, 2.05) is 36.4 Å². The van der Waals surface area contributed by atoms with Gasteiger partial charge in [0.1, 0.15) is 5.69 Å². The zero-order valence-electron chi connectivity index (χ0n) is 11.6. The van der Waals surface area contributed by atoms with Crippen molar-refractivity contribution < 1.29 is 0 Å². The number of para-hydroxylation sites is 2. The highest BCUT2D eigenvalue weighted by Gasteiger charge is 2.08. The third-order valence-corrected chi connectivity index (χ3v) is 3.44. The Morgan fingerprint density at radius 3 is 2.57 bits per heavy atom. The molecule has 3 rings (SSSR count). The first kappa shape index (κ1) is 13.1. The fourth-order valence-corrected chi connectivity index (χ4v) is 2.34. The number of benzene rings is 2. The monoisotopic (exact) mass is 275 g/mol. The number of fused-ring (bicyclic) bond motifs is 1. The molecule has 0 radical (unpaired) electrons. The third kappa shape index (κ3) is 2.41. The minimum Gasteiger partial charge on any atom is -0.301 e. The van der Waals surface area contributed by atoms with E-state index in [0.29, 0.717) is 17.8 Å². The van der Waals surface area contributed by atoms with Crippen molar-refractivity contribution >= 4 is 11.0 Å². The SMILES string of the molecule is Cc1nc2ccccc2n(Cc2ccc(C#N)cc2)c1=O. The Kier molecular flexibility index (Phi) is 3.25. The van der Waals surface area contributed by atoms with Crippen LogP contribution in [0.4, 0.5) is 0 Å². The molecule has 0 spiro atoms. The molecule has 0 bridgehead atoms. The summed E-state index contributed by atoms with van der Waals surface area (Å²) in [6.45, 7) is 2.19. The van der Waals surface area contributed by atoms with Gasteiger partial charge in [-0.25, -0.2) is 4.98 Å². The highest BCUT2D eigenvalue weighted by molar-refractivity contribution is 5.74. The maximum absolute atomic E-state index is 12.4. The molecule has 0 atom stereocenters. The summed E-state index contributed by atoms with van der Waals surface area (Å²) in [6, 6.07) is 17.0. The fourth-order valence-electron chi connectivity index (χ4n) is 2.34. The van der Waals surface area contributed by atoms with Gasteiger partial charge in [0.25, 0.3) is 5.56 Å². The van der Waals surface area contributed by atoms with Crippen LogP contribution in [0.1, 0.15) is 16.8 Å². The summed E-state index contributed by atoms with van der Waals surface area (Å²) in [6.07, 6.45) is 0. The standard InChI is InChI=1S/C17H13N3O/c1-12-17(21)20(16-5-3-2-4-15(16)19-12)11-14-8-6-13(10-18)7-9-14/h2-9H,11H2,1H3. The Morgan fingerprint density at radius 1 is 1.14 bits per heavy atom. The smallest absolute Gasteiger partial charge is 0.272 e. The van der Waals surface area contributed by atoms with Crippen LogP contribution >= 0.6 is 0 Å². The molecule has 1 aromatic heterocycles. The van der Waals surface area contributed by atoms with Gasteiger partial charge in [0.2, 0.25) is 0 Å². The molecule has 4 heteroatoms. The molecule has 0 amide bonds. The molecule has 102 valence electrons. The van der Waals surface area contributed by atoms with Gasteiger partial charge in [-0.1, -0.05) is 24.3 Å². The van der Waals surface area contributed by atoms with Gasteiger partial charge in [0, 0.05) is 0 Å². The van der Waals surface area contributed by atoms with Gasteiger partial charge in [-0.2, -0.15) is 5.26 Å². The number of aryl methyl sites for hydroxylation is 1. The molecule has 4 nitrogen and oxygen atoms in total. The number of hydrogen-bond acceptors (Lipinski definition) is 3. The second kappa shape index (κ2) is 5.22. The molecule has 1 heterocycles. The Bertz CT molecular complexity index is 902. The highest BCUT2D eigenvalue weighted by atomic mass is 16.1. The molecule has 0 saturated heterocycles. The van der Waals surface area contributed by atoms with Crippen LogP contribution in [0, 0.1) is 18.3 Å². The van der Waals surface area contributed by atoms with Crippen LogP contribution in [0.5, 0.6) is 0 Å². The highest BCUT2D eigenvalue weighted by Crippen LogP contribution is 2.12. The zero-order chi connectivity index (χ0) is 14.8. The summed E-state index contributed by atoms with van der Waals surface area (Å²) in [5.41, 5.74) is 3.62. The molecule has 0 unspecified atom stereocenters. The first-order chi connectivity index (χ1) is 10.2. The molecule has 21 heavy (non-hydrogen) atoms. The average molecular weight is 275 g/mol. The Morgan fingerprint density at radius 2 is 1.86 bits per heavy atom. The molecule has 0 fully saturated rings. The zero-order valence-corrected chi connectivity index (χ0v) is 11.6. The van der Waals surface area contributed by atoms with Crippen molar-refractivity contribution in [3.63, 3.8) is 0 Å². The van der Waals surface area contributed by atoms with Gasteiger partial charge >= 0.3 is 0 Å². The topological polar surface area (TPSA) is 58.7 Å². The Labute approximate surface area is 121 Å². The molecule has 0 saturated carbocycles. The predicted octanol–water partition coefficient (Wildman–Crippen LogP) is 2.62. The minimum atomic E-state index is -0.0851. The van der Waals surface area contributed by atoms with Gasteiger partial charge in [-0.3, -0.25) is 4.79 Å². The lowest BCUT2D eigenvalue weighted by Gasteiger charge is -2.11. The first-order valence-corrected chi connectivity index (χ1v) is 6.64. The molecule has 0 aliphatic heterocycles. The lowest BCUT2D eigenvalue weighted by molar-refractivity contribution is 0.776. The van der Waals surface area contributed by atoms with Crippen molar-refractivity contribution in [1.82, 2.24) is 9.55 Å². The second-order valence-corrected chi connectivity index (χ2v) is 4.89. The van der Waals surface area contributed by atoms with Gasteiger partial charge in [-0.05, 0) is 36.8 Å². The summed E-state index contributed by atoms with van der Waals surface area (Å²) in [5, 5.41) is 8.83. The van der Waals surface area contributed by atoms with Gasteiger partial charge in [-0.15, -0.1) is 0 Å². The average Bonchev–Trinajstić information content (AvgIpc) is 2.52. The molecule has 0 aliphatic carbocycles. The van der Waals surface area contributed by atoms with Crippen LogP contribution in [0.15, 0.2) is 53.3 Å². The van der Waals surface area contributed by atoms with Gasteiger partial charge in [0.05, 0.1) is 29.2 Å². The molecule has 0 aliphatic rings. The van der Waals surface area contributed by atoms with Crippen LogP contribution in [0.25, 0.3) is 11.0 Å². The van der Waals surface area contributed by atoms with Gasteiger partial charge < -0.3 is 4.57 Å². The molecular formula is C17H13N3O. The van der Waals surface area contributed by atoms with Crippen molar-refractivity contribution in [2.45, 2.75) is 13.5 Å². The number of nitriles is 1.